The van der Waals surface area contributed by atoms with Crippen molar-refractivity contribution in [3.05, 3.63) is 53.1 Å². The van der Waals surface area contributed by atoms with Crippen molar-refractivity contribution in [1.29, 1.82) is 0 Å². The second-order valence-corrected chi connectivity index (χ2v) is 8.02. The van der Waals surface area contributed by atoms with Crippen LogP contribution in [0.3, 0.4) is 0 Å². The van der Waals surface area contributed by atoms with Crippen LogP contribution >= 0.6 is 11.6 Å². The molecule has 4 nitrogen and oxygen atoms in total. The lowest BCUT2D eigenvalue weighted by Crippen LogP contribution is -2.31. The molecule has 1 aliphatic rings. The summed E-state index contributed by atoms with van der Waals surface area (Å²) in [5.41, 5.74) is 2.41. The number of para-hydroxylation sites is 2. The first kappa shape index (κ1) is 16.1. The number of hydrogen-bond acceptors (Lipinski definition) is 3. The fourth-order valence-electron chi connectivity index (χ4n) is 2.84. The van der Waals surface area contributed by atoms with E-state index in [1.807, 2.05) is 38.2 Å². The first-order valence-electron chi connectivity index (χ1n) is 7.50. The number of halogens is 1. The van der Waals surface area contributed by atoms with Gasteiger partial charge in [-0.15, -0.1) is 0 Å². The molecule has 0 atom stereocenters. The van der Waals surface area contributed by atoms with Gasteiger partial charge in [-0.05, 0) is 49.2 Å². The van der Waals surface area contributed by atoms with Gasteiger partial charge in [0.05, 0.1) is 16.3 Å². The lowest BCUT2D eigenvalue weighted by Gasteiger charge is -2.25. The second kappa shape index (κ2) is 6.06. The Hall–Kier alpha value is -1.72. The number of rotatable bonds is 2. The maximum Gasteiger partial charge on any atom is 0.264 e. The molecule has 0 amide bonds. The number of benzene rings is 2. The van der Waals surface area contributed by atoms with Gasteiger partial charge in [0.1, 0.15) is 0 Å². The molecule has 0 spiro atoms. The monoisotopic (exact) mass is 350 g/mol. The Kier molecular flexibility index (Phi) is 4.25. The highest BCUT2D eigenvalue weighted by molar-refractivity contribution is 7.92. The van der Waals surface area contributed by atoms with Gasteiger partial charge in [0, 0.05) is 25.2 Å². The zero-order valence-electron chi connectivity index (χ0n) is 13.2. The number of hydrogen-bond donors (Lipinski definition) is 0. The molecule has 122 valence electrons. The summed E-state index contributed by atoms with van der Waals surface area (Å²) in [6.45, 7) is 3.10. The number of aryl methyl sites for hydroxylation is 1. The minimum absolute atomic E-state index is 0.277. The van der Waals surface area contributed by atoms with Crippen LogP contribution in [0.5, 0.6) is 0 Å². The molecule has 0 saturated carbocycles. The summed E-state index contributed by atoms with van der Waals surface area (Å²) < 4.78 is 27.8. The molecule has 0 unspecified atom stereocenters. The standard InChI is InChI=1S/C17H19ClN2O2S/c1-13-12-14(8-9-15(13)18)23(21,22)20-11-5-10-19(2)16-6-3-4-7-17(16)20/h3-4,6-9,12H,5,10-11H2,1-2H3. The Morgan fingerprint density at radius 3 is 2.43 bits per heavy atom. The average Bonchev–Trinajstić information content (AvgIpc) is 2.70. The van der Waals surface area contributed by atoms with Gasteiger partial charge in [-0.3, -0.25) is 4.31 Å². The highest BCUT2D eigenvalue weighted by Gasteiger charge is 2.29. The average molecular weight is 351 g/mol. The molecular weight excluding hydrogens is 332 g/mol. The Balaban J connectivity index is 2.12. The van der Waals surface area contributed by atoms with Crippen LogP contribution < -0.4 is 9.21 Å². The normalized spacial score (nSPS) is 15.3. The zero-order valence-corrected chi connectivity index (χ0v) is 14.7. The maximum atomic E-state index is 13.1. The van der Waals surface area contributed by atoms with Crippen LogP contribution in [0.4, 0.5) is 11.4 Å². The van der Waals surface area contributed by atoms with E-state index in [4.69, 9.17) is 11.6 Å². The van der Waals surface area contributed by atoms with Crippen molar-refractivity contribution in [2.45, 2.75) is 18.2 Å². The molecule has 0 bridgehead atoms. The minimum atomic E-state index is -3.61. The van der Waals surface area contributed by atoms with Crippen molar-refractivity contribution in [3.8, 4) is 0 Å². The predicted octanol–water partition coefficient (Wildman–Crippen LogP) is 3.68. The first-order valence-corrected chi connectivity index (χ1v) is 9.32. The van der Waals surface area contributed by atoms with Crippen LogP contribution in [0.1, 0.15) is 12.0 Å². The molecule has 6 heteroatoms. The first-order chi connectivity index (χ1) is 10.9. The summed E-state index contributed by atoms with van der Waals surface area (Å²) >= 11 is 6.03. The van der Waals surface area contributed by atoms with Crippen molar-refractivity contribution >= 4 is 33.0 Å². The molecule has 1 heterocycles. The third-order valence-corrected chi connectivity index (χ3v) is 6.37. The van der Waals surface area contributed by atoms with Crippen molar-refractivity contribution in [3.63, 3.8) is 0 Å². The third kappa shape index (κ3) is 2.91. The van der Waals surface area contributed by atoms with E-state index in [0.29, 0.717) is 11.6 Å². The SMILES string of the molecule is Cc1cc(S(=O)(=O)N2CCCN(C)c3ccccc32)ccc1Cl. The molecule has 0 fully saturated rings. The molecule has 0 saturated heterocycles. The summed E-state index contributed by atoms with van der Waals surface area (Å²) in [6, 6.07) is 12.5. The lowest BCUT2D eigenvalue weighted by atomic mass is 10.2. The second-order valence-electron chi connectivity index (χ2n) is 5.75. The van der Waals surface area contributed by atoms with E-state index in [1.54, 1.807) is 18.2 Å². The van der Waals surface area contributed by atoms with E-state index < -0.39 is 10.0 Å². The van der Waals surface area contributed by atoms with E-state index >= 15 is 0 Å². The van der Waals surface area contributed by atoms with E-state index in [2.05, 4.69) is 4.90 Å². The topological polar surface area (TPSA) is 40.6 Å². The van der Waals surface area contributed by atoms with Gasteiger partial charge in [0.15, 0.2) is 0 Å². The van der Waals surface area contributed by atoms with Crippen LogP contribution in [-0.2, 0) is 10.0 Å². The van der Waals surface area contributed by atoms with Crippen LogP contribution in [0.25, 0.3) is 0 Å². The lowest BCUT2D eigenvalue weighted by molar-refractivity contribution is 0.590. The van der Waals surface area contributed by atoms with Crippen molar-refractivity contribution in [2.24, 2.45) is 0 Å². The zero-order chi connectivity index (χ0) is 16.6. The van der Waals surface area contributed by atoms with E-state index in [1.165, 1.54) is 4.31 Å². The molecule has 2 aromatic carbocycles. The van der Waals surface area contributed by atoms with Crippen molar-refractivity contribution in [1.82, 2.24) is 0 Å². The van der Waals surface area contributed by atoms with Crippen molar-refractivity contribution in [2.75, 3.05) is 29.3 Å². The van der Waals surface area contributed by atoms with Gasteiger partial charge in [-0.25, -0.2) is 8.42 Å². The summed E-state index contributed by atoms with van der Waals surface area (Å²) in [6.07, 6.45) is 0.775. The fraction of sp³-hybridized carbons (Fsp3) is 0.294. The Bertz CT molecular complexity index is 836. The maximum absolute atomic E-state index is 13.1. The number of nitrogens with zero attached hydrogens (tertiary/aromatic N) is 2. The predicted molar refractivity (Wildman–Crippen MR) is 95.0 cm³/mol. The summed E-state index contributed by atoms with van der Waals surface area (Å²) in [4.78, 5) is 2.37. The van der Waals surface area contributed by atoms with Gasteiger partial charge in [0.25, 0.3) is 10.0 Å². The number of anilines is 2. The van der Waals surface area contributed by atoms with Gasteiger partial charge in [0.2, 0.25) is 0 Å². The van der Waals surface area contributed by atoms with Crippen LogP contribution in [0.2, 0.25) is 5.02 Å². The van der Waals surface area contributed by atoms with Gasteiger partial charge in [-0.1, -0.05) is 23.7 Å². The Labute approximate surface area is 142 Å². The highest BCUT2D eigenvalue weighted by Crippen LogP contribution is 2.35. The molecule has 0 N–H and O–H groups in total. The number of sulfonamides is 1. The minimum Gasteiger partial charge on any atom is -0.373 e. The van der Waals surface area contributed by atoms with Crippen LogP contribution in [0, 0.1) is 6.92 Å². The van der Waals surface area contributed by atoms with E-state index in [0.717, 1.165) is 29.9 Å². The summed E-state index contributed by atoms with van der Waals surface area (Å²) in [5, 5.41) is 0.569. The number of fused-ring (bicyclic) bond motifs is 1. The Morgan fingerprint density at radius 1 is 1.04 bits per heavy atom. The van der Waals surface area contributed by atoms with Gasteiger partial charge in [-0.2, -0.15) is 0 Å². The van der Waals surface area contributed by atoms with E-state index in [-0.39, 0.29) is 4.90 Å². The van der Waals surface area contributed by atoms with Gasteiger partial charge >= 0.3 is 0 Å². The molecule has 2 aromatic rings. The molecule has 0 aliphatic carbocycles. The largest absolute Gasteiger partial charge is 0.373 e. The van der Waals surface area contributed by atoms with Crippen LogP contribution in [-0.4, -0.2) is 28.6 Å². The molecule has 0 radical (unpaired) electrons. The van der Waals surface area contributed by atoms with Gasteiger partial charge < -0.3 is 4.90 Å². The molecule has 0 aromatic heterocycles. The summed E-state index contributed by atoms with van der Waals surface area (Å²) in [5.74, 6) is 0. The molecule has 1 aliphatic heterocycles. The Morgan fingerprint density at radius 2 is 1.74 bits per heavy atom. The smallest absolute Gasteiger partial charge is 0.264 e. The molecule has 23 heavy (non-hydrogen) atoms. The third-order valence-electron chi connectivity index (χ3n) is 4.13. The fourth-order valence-corrected chi connectivity index (χ4v) is 4.57. The highest BCUT2D eigenvalue weighted by atomic mass is 35.5. The van der Waals surface area contributed by atoms with Crippen molar-refractivity contribution < 1.29 is 8.42 Å². The van der Waals surface area contributed by atoms with Crippen LogP contribution in [0.15, 0.2) is 47.4 Å². The quantitative estimate of drug-likeness (QED) is 0.829. The molecular formula is C17H19ClN2O2S. The molecule has 3 rings (SSSR count). The van der Waals surface area contributed by atoms with E-state index in [9.17, 15) is 8.42 Å². The summed E-state index contributed by atoms with van der Waals surface area (Å²) in [7, 11) is -1.63.